The summed E-state index contributed by atoms with van der Waals surface area (Å²) in [5.41, 5.74) is 6.00. The molecule has 0 bridgehead atoms. The summed E-state index contributed by atoms with van der Waals surface area (Å²) in [4.78, 5) is 4.76. The molecule has 1 aliphatic rings. The van der Waals surface area contributed by atoms with Gasteiger partial charge < -0.3 is 10.2 Å². The minimum absolute atomic E-state index is 0.161. The number of aromatic nitrogens is 1. The van der Waals surface area contributed by atoms with Crippen LogP contribution >= 0.6 is 0 Å². The lowest BCUT2D eigenvalue weighted by molar-refractivity contribution is 0.470. The molecule has 2 N–H and O–H groups in total. The standard InChI is InChI=1S/C24H16FNO2/c25-21-9-2-1-7-17(21)22-13-18(14-5-3-6-15(27)11-14)20-12-19-16(24(20)26-22)8-4-10-23(19)28/h1-11,13,27-28H,12H2. The van der Waals surface area contributed by atoms with Gasteiger partial charge in [-0.3, -0.25) is 0 Å². The van der Waals surface area contributed by atoms with Gasteiger partial charge in [-0.05, 0) is 53.1 Å². The van der Waals surface area contributed by atoms with Gasteiger partial charge in [0.1, 0.15) is 17.3 Å². The lowest BCUT2D eigenvalue weighted by atomic mass is 9.96. The monoisotopic (exact) mass is 369 g/mol. The number of hydrogen-bond acceptors (Lipinski definition) is 3. The van der Waals surface area contributed by atoms with Crippen molar-refractivity contribution in [2.75, 3.05) is 0 Å². The molecule has 3 aromatic carbocycles. The number of hydrogen-bond donors (Lipinski definition) is 2. The van der Waals surface area contributed by atoms with Crippen LogP contribution in [0.15, 0.2) is 72.8 Å². The molecule has 0 saturated heterocycles. The van der Waals surface area contributed by atoms with Crippen LogP contribution in [0.3, 0.4) is 0 Å². The van der Waals surface area contributed by atoms with Crippen molar-refractivity contribution in [3.05, 3.63) is 89.7 Å². The zero-order valence-electron chi connectivity index (χ0n) is 14.9. The second-order valence-electron chi connectivity index (χ2n) is 6.89. The van der Waals surface area contributed by atoms with Crippen molar-refractivity contribution in [1.29, 1.82) is 0 Å². The summed E-state index contributed by atoms with van der Waals surface area (Å²) in [6, 6.07) is 20.8. The van der Waals surface area contributed by atoms with Gasteiger partial charge in [-0.15, -0.1) is 0 Å². The highest BCUT2D eigenvalue weighted by atomic mass is 19.1. The van der Waals surface area contributed by atoms with E-state index in [2.05, 4.69) is 0 Å². The number of benzene rings is 3. The third-order valence-corrected chi connectivity index (χ3v) is 5.19. The van der Waals surface area contributed by atoms with E-state index in [9.17, 15) is 14.6 Å². The van der Waals surface area contributed by atoms with Crippen LogP contribution in [-0.4, -0.2) is 15.2 Å². The Kier molecular flexibility index (Phi) is 3.66. The van der Waals surface area contributed by atoms with Gasteiger partial charge in [0.25, 0.3) is 0 Å². The van der Waals surface area contributed by atoms with E-state index in [4.69, 9.17) is 4.98 Å². The molecule has 4 aromatic rings. The van der Waals surface area contributed by atoms with Crippen molar-refractivity contribution in [3.8, 4) is 45.1 Å². The molecule has 5 rings (SSSR count). The summed E-state index contributed by atoms with van der Waals surface area (Å²) < 4.78 is 14.5. The van der Waals surface area contributed by atoms with E-state index < -0.39 is 0 Å². The number of aromatic hydroxyl groups is 2. The molecule has 0 unspecified atom stereocenters. The molecule has 1 aromatic heterocycles. The van der Waals surface area contributed by atoms with E-state index in [0.717, 1.165) is 33.5 Å². The van der Waals surface area contributed by atoms with Gasteiger partial charge in [0.15, 0.2) is 0 Å². The van der Waals surface area contributed by atoms with Gasteiger partial charge >= 0.3 is 0 Å². The zero-order valence-corrected chi connectivity index (χ0v) is 14.9. The molecule has 0 spiro atoms. The van der Waals surface area contributed by atoms with Crippen LogP contribution in [0.1, 0.15) is 11.1 Å². The minimum Gasteiger partial charge on any atom is -0.508 e. The Bertz CT molecular complexity index is 1230. The van der Waals surface area contributed by atoms with Gasteiger partial charge in [0, 0.05) is 23.1 Å². The molecule has 0 saturated carbocycles. The largest absolute Gasteiger partial charge is 0.508 e. The second-order valence-corrected chi connectivity index (χ2v) is 6.89. The third-order valence-electron chi connectivity index (χ3n) is 5.19. The Labute approximate surface area is 161 Å². The van der Waals surface area contributed by atoms with Crippen LogP contribution in [0, 0.1) is 5.82 Å². The first-order valence-corrected chi connectivity index (χ1v) is 9.01. The van der Waals surface area contributed by atoms with E-state index in [1.165, 1.54) is 6.07 Å². The molecule has 0 atom stereocenters. The summed E-state index contributed by atoms with van der Waals surface area (Å²) >= 11 is 0. The first-order chi connectivity index (χ1) is 13.6. The Morgan fingerprint density at radius 2 is 1.54 bits per heavy atom. The van der Waals surface area contributed by atoms with Gasteiger partial charge in [-0.25, -0.2) is 9.37 Å². The summed E-state index contributed by atoms with van der Waals surface area (Å²) in [7, 11) is 0. The molecule has 0 aliphatic heterocycles. The second kappa shape index (κ2) is 6.20. The maximum Gasteiger partial charge on any atom is 0.132 e. The van der Waals surface area contributed by atoms with Crippen LogP contribution in [-0.2, 0) is 6.42 Å². The number of halogens is 1. The lowest BCUT2D eigenvalue weighted by Gasteiger charge is -2.13. The summed E-state index contributed by atoms with van der Waals surface area (Å²) in [5.74, 6) is 0.0459. The maximum atomic E-state index is 14.5. The first kappa shape index (κ1) is 16.5. The van der Waals surface area contributed by atoms with Gasteiger partial charge in [-0.2, -0.15) is 0 Å². The highest BCUT2D eigenvalue weighted by molar-refractivity contribution is 5.86. The Morgan fingerprint density at radius 3 is 2.36 bits per heavy atom. The highest BCUT2D eigenvalue weighted by Crippen LogP contribution is 2.45. The summed E-state index contributed by atoms with van der Waals surface area (Å²) in [5, 5.41) is 20.3. The topological polar surface area (TPSA) is 53.4 Å². The van der Waals surface area contributed by atoms with Crippen molar-refractivity contribution < 1.29 is 14.6 Å². The Hall–Kier alpha value is -3.66. The van der Waals surface area contributed by atoms with Crippen LogP contribution in [0.2, 0.25) is 0 Å². The fraction of sp³-hybridized carbons (Fsp3) is 0.0417. The van der Waals surface area contributed by atoms with E-state index in [0.29, 0.717) is 17.7 Å². The number of pyridine rings is 1. The van der Waals surface area contributed by atoms with Crippen LogP contribution < -0.4 is 0 Å². The molecule has 1 heterocycles. The Morgan fingerprint density at radius 1 is 0.750 bits per heavy atom. The van der Waals surface area contributed by atoms with Gasteiger partial charge in [0.05, 0.1) is 11.4 Å². The van der Waals surface area contributed by atoms with E-state index >= 15 is 0 Å². The molecule has 0 fully saturated rings. The molecular formula is C24H16FNO2. The smallest absolute Gasteiger partial charge is 0.132 e. The molecule has 28 heavy (non-hydrogen) atoms. The fourth-order valence-corrected chi connectivity index (χ4v) is 3.87. The van der Waals surface area contributed by atoms with Crippen molar-refractivity contribution in [2.24, 2.45) is 0 Å². The van der Waals surface area contributed by atoms with E-state index in [1.807, 2.05) is 18.2 Å². The molecule has 4 heteroatoms. The number of nitrogens with zero attached hydrogens (tertiary/aromatic N) is 1. The normalized spacial score (nSPS) is 11.9. The predicted molar refractivity (Wildman–Crippen MR) is 107 cm³/mol. The Balaban J connectivity index is 1.82. The molecule has 3 nitrogen and oxygen atoms in total. The highest BCUT2D eigenvalue weighted by Gasteiger charge is 2.27. The van der Waals surface area contributed by atoms with Gasteiger partial charge in [-0.1, -0.05) is 36.4 Å². The average molecular weight is 369 g/mol. The zero-order chi connectivity index (χ0) is 19.3. The minimum atomic E-state index is -0.342. The first-order valence-electron chi connectivity index (χ1n) is 9.01. The molecule has 136 valence electrons. The molecule has 1 aliphatic carbocycles. The molecular weight excluding hydrogens is 353 g/mol. The van der Waals surface area contributed by atoms with E-state index in [1.54, 1.807) is 48.5 Å². The van der Waals surface area contributed by atoms with Crippen LogP contribution in [0.5, 0.6) is 11.5 Å². The quantitative estimate of drug-likeness (QED) is 0.430. The van der Waals surface area contributed by atoms with E-state index in [-0.39, 0.29) is 17.3 Å². The summed E-state index contributed by atoms with van der Waals surface area (Å²) in [6.45, 7) is 0. The SMILES string of the molecule is Oc1cccc(-c2cc(-c3ccccc3F)nc3c2Cc2c(O)cccc2-3)c1. The lowest BCUT2D eigenvalue weighted by Crippen LogP contribution is -1.96. The van der Waals surface area contributed by atoms with Crippen LogP contribution in [0.4, 0.5) is 4.39 Å². The average Bonchev–Trinajstić information content (AvgIpc) is 3.08. The maximum absolute atomic E-state index is 14.5. The fourth-order valence-electron chi connectivity index (χ4n) is 3.87. The van der Waals surface area contributed by atoms with Crippen molar-refractivity contribution in [1.82, 2.24) is 4.98 Å². The van der Waals surface area contributed by atoms with Crippen LogP contribution in [0.25, 0.3) is 33.6 Å². The molecule has 0 amide bonds. The van der Waals surface area contributed by atoms with Gasteiger partial charge in [0.2, 0.25) is 0 Å². The van der Waals surface area contributed by atoms with Crippen molar-refractivity contribution in [2.45, 2.75) is 6.42 Å². The molecule has 0 radical (unpaired) electrons. The van der Waals surface area contributed by atoms with Crippen molar-refractivity contribution >= 4 is 0 Å². The predicted octanol–water partition coefficient (Wildman–Crippen LogP) is 5.54. The number of phenolic OH excluding ortho intramolecular Hbond substituents is 2. The van der Waals surface area contributed by atoms with Crippen molar-refractivity contribution in [3.63, 3.8) is 0 Å². The summed E-state index contributed by atoms with van der Waals surface area (Å²) in [6.07, 6.45) is 0.535. The number of phenols is 2. The number of fused-ring (bicyclic) bond motifs is 3. The third kappa shape index (κ3) is 2.54. The number of rotatable bonds is 2.